The Morgan fingerprint density at radius 2 is 1.86 bits per heavy atom. The smallest absolute Gasteiger partial charge is 0.315 e. The molecule has 0 saturated heterocycles. The van der Waals surface area contributed by atoms with Gasteiger partial charge in [-0.15, -0.1) is 0 Å². The van der Waals surface area contributed by atoms with Gasteiger partial charge in [-0.3, -0.25) is 9.59 Å². The minimum atomic E-state index is -0.493. The lowest BCUT2D eigenvalue weighted by atomic mass is 9.99. The summed E-state index contributed by atoms with van der Waals surface area (Å²) in [7, 11) is 0. The van der Waals surface area contributed by atoms with E-state index in [0.717, 1.165) is 15.8 Å². The number of benzene rings is 2. The van der Waals surface area contributed by atoms with E-state index >= 15 is 0 Å². The second-order valence-corrected chi connectivity index (χ2v) is 9.04. The molecule has 3 aromatic rings. The number of carbonyl (C=O) groups is 1. The summed E-state index contributed by atoms with van der Waals surface area (Å²) < 4.78 is 1.94. The van der Waals surface area contributed by atoms with Crippen LogP contribution < -0.4 is 15.4 Å². The Bertz CT molecular complexity index is 1370. The highest BCUT2D eigenvalue weighted by atomic mass is 79.9. The van der Waals surface area contributed by atoms with Crippen LogP contribution in [0.3, 0.4) is 0 Å². The number of aryl methyl sites for hydroxylation is 1. The van der Waals surface area contributed by atoms with Gasteiger partial charge in [0.25, 0.3) is 5.91 Å². The van der Waals surface area contributed by atoms with E-state index in [4.69, 9.17) is 0 Å². The summed E-state index contributed by atoms with van der Waals surface area (Å²) in [5, 5.41) is 22.2. The first-order chi connectivity index (χ1) is 13.7. The van der Waals surface area contributed by atoms with Gasteiger partial charge in [-0.25, -0.2) is 9.56 Å². The molecule has 148 valence electrons. The van der Waals surface area contributed by atoms with Gasteiger partial charge in [0.2, 0.25) is 5.88 Å². The minimum absolute atomic E-state index is 0.0270. The van der Waals surface area contributed by atoms with Crippen molar-refractivity contribution in [1.29, 1.82) is 0 Å². The molecule has 0 spiro atoms. The second-order valence-electron chi connectivity index (χ2n) is 7.16. The van der Waals surface area contributed by atoms with Crippen molar-refractivity contribution >= 4 is 38.7 Å². The number of hydrogen-bond acceptors (Lipinski definition) is 5. The van der Waals surface area contributed by atoms with Crippen LogP contribution >= 0.6 is 27.3 Å². The van der Waals surface area contributed by atoms with Crippen LogP contribution in [0.1, 0.15) is 35.8 Å². The summed E-state index contributed by atoms with van der Waals surface area (Å²) in [6.45, 7) is 5.61. The predicted molar refractivity (Wildman–Crippen MR) is 115 cm³/mol. The van der Waals surface area contributed by atoms with Gasteiger partial charge < -0.3 is 10.2 Å². The van der Waals surface area contributed by atoms with Crippen molar-refractivity contribution in [3.8, 4) is 17.3 Å². The molecule has 0 atom stereocenters. The monoisotopic (exact) mass is 472 g/mol. The zero-order valence-corrected chi connectivity index (χ0v) is 18.3. The lowest BCUT2D eigenvalue weighted by molar-refractivity contribution is -0.112. The normalized spacial score (nSPS) is 13.1. The standard InChI is InChI=1S/C21H17BrN2O4S/c1-9(2)12-8-15(10(3)6-16(12)25)24-20(27)18(29-21(24)28)17-13-7-11(22)4-5-14(13)23-19(17)26/h4-9,25,27H,1-3H3. The number of phenols is 1. The molecule has 4 rings (SSSR count). The third kappa shape index (κ3) is 3.12. The summed E-state index contributed by atoms with van der Waals surface area (Å²) in [5.41, 5.74) is 1.97. The summed E-state index contributed by atoms with van der Waals surface area (Å²) in [4.78, 5) is 29.1. The molecule has 0 fully saturated rings. The number of nitrogens with zero attached hydrogens (tertiary/aromatic N) is 2. The summed E-state index contributed by atoms with van der Waals surface area (Å²) in [5.74, 6) is -0.636. The van der Waals surface area contributed by atoms with Gasteiger partial charge in [-0.1, -0.05) is 41.1 Å². The molecule has 0 radical (unpaired) electrons. The fourth-order valence-electron chi connectivity index (χ4n) is 3.45. The molecule has 2 aromatic carbocycles. The molecule has 0 aliphatic carbocycles. The molecular weight excluding hydrogens is 456 g/mol. The Hall–Kier alpha value is -2.71. The Morgan fingerprint density at radius 3 is 2.55 bits per heavy atom. The largest absolute Gasteiger partial charge is 0.508 e. The number of hydrogen-bond donors (Lipinski definition) is 2. The maximum Gasteiger partial charge on any atom is 0.315 e. The molecule has 1 amide bonds. The van der Waals surface area contributed by atoms with E-state index in [1.165, 1.54) is 4.57 Å². The maximum absolute atomic E-state index is 12.8. The van der Waals surface area contributed by atoms with Gasteiger partial charge in [0.1, 0.15) is 10.6 Å². The fraction of sp³-hybridized carbons (Fsp3) is 0.190. The van der Waals surface area contributed by atoms with Gasteiger partial charge in [0.05, 0.1) is 16.6 Å². The molecule has 0 unspecified atom stereocenters. The minimum Gasteiger partial charge on any atom is -0.508 e. The highest BCUT2D eigenvalue weighted by molar-refractivity contribution is 9.10. The van der Waals surface area contributed by atoms with Crippen LogP contribution in [0.2, 0.25) is 0 Å². The van der Waals surface area contributed by atoms with E-state index < -0.39 is 10.8 Å². The molecule has 8 heteroatoms. The highest BCUT2D eigenvalue weighted by Gasteiger charge is 2.27. The number of carbonyl (C=O) groups excluding carboxylic acids is 1. The molecule has 1 aliphatic heterocycles. The number of rotatable bonds is 3. The van der Waals surface area contributed by atoms with Crippen molar-refractivity contribution in [3.05, 3.63) is 71.1 Å². The first-order valence-corrected chi connectivity index (χ1v) is 10.5. The third-order valence-corrected chi connectivity index (χ3v) is 6.33. The average Bonchev–Trinajstić information content (AvgIpc) is 3.10. The number of aromatic hydroxyl groups is 2. The van der Waals surface area contributed by atoms with E-state index in [-0.39, 0.29) is 28.0 Å². The third-order valence-electron chi connectivity index (χ3n) is 4.89. The Labute approximate surface area is 178 Å². The van der Waals surface area contributed by atoms with Crippen molar-refractivity contribution in [1.82, 2.24) is 4.57 Å². The van der Waals surface area contributed by atoms with Gasteiger partial charge >= 0.3 is 4.87 Å². The number of aromatic nitrogens is 1. The summed E-state index contributed by atoms with van der Waals surface area (Å²) >= 11 is 4.18. The first kappa shape index (κ1) is 19.6. The molecule has 0 bridgehead atoms. The van der Waals surface area contributed by atoms with Crippen molar-refractivity contribution in [2.45, 2.75) is 26.7 Å². The van der Waals surface area contributed by atoms with Crippen LogP contribution in [0.15, 0.2) is 44.6 Å². The molecule has 1 aromatic heterocycles. The number of phenolic OH excluding ortho intramolecular Hbond substituents is 1. The van der Waals surface area contributed by atoms with Gasteiger partial charge in [0, 0.05) is 9.69 Å². The average molecular weight is 473 g/mol. The lowest BCUT2D eigenvalue weighted by Crippen LogP contribution is -2.22. The summed E-state index contributed by atoms with van der Waals surface area (Å²) in [6.07, 6.45) is 0. The van der Waals surface area contributed by atoms with Gasteiger partial charge in [0.15, 0.2) is 0 Å². The van der Waals surface area contributed by atoms with E-state index in [2.05, 4.69) is 20.9 Å². The van der Waals surface area contributed by atoms with E-state index in [1.807, 2.05) is 13.8 Å². The topological polar surface area (TPSA) is 91.9 Å². The molecule has 1 aliphatic rings. The van der Waals surface area contributed by atoms with Gasteiger partial charge in [-0.2, -0.15) is 0 Å². The molecule has 0 saturated carbocycles. The quantitative estimate of drug-likeness (QED) is 0.612. The number of thiazole rings is 1. The van der Waals surface area contributed by atoms with Crippen molar-refractivity contribution in [2.24, 2.45) is 4.99 Å². The highest BCUT2D eigenvalue weighted by Crippen LogP contribution is 2.35. The van der Waals surface area contributed by atoms with E-state index in [9.17, 15) is 19.8 Å². The maximum atomic E-state index is 12.8. The van der Waals surface area contributed by atoms with E-state index in [1.54, 1.807) is 37.3 Å². The molecular formula is C21H17BrN2O4S. The van der Waals surface area contributed by atoms with Crippen LogP contribution in [-0.4, -0.2) is 20.7 Å². The Kier molecular flexibility index (Phi) is 4.71. The molecule has 2 heterocycles. The van der Waals surface area contributed by atoms with Crippen molar-refractivity contribution in [3.63, 3.8) is 0 Å². The molecule has 2 N–H and O–H groups in total. The molecule has 6 nitrogen and oxygen atoms in total. The summed E-state index contributed by atoms with van der Waals surface area (Å²) in [6, 6.07) is 8.50. The van der Waals surface area contributed by atoms with Crippen LogP contribution in [-0.2, 0) is 4.79 Å². The van der Waals surface area contributed by atoms with Crippen LogP contribution in [0.4, 0.5) is 0 Å². The predicted octanol–water partition coefficient (Wildman–Crippen LogP) is 2.86. The SMILES string of the molecule is Cc1cc(O)c(C(C)C)cc1-n1c(O)c(C2=c3cc(Br)ccc3=NC2=O)sc1=O. The zero-order chi connectivity index (χ0) is 21.0. The zero-order valence-electron chi connectivity index (χ0n) is 15.9. The number of fused-ring (bicyclic) bond motifs is 1. The Morgan fingerprint density at radius 1 is 1.14 bits per heavy atom. The first-order valence-electron chi connectivity index (χ1n) is 8.91. The van der Waals surface area contributed by atoms with Crippen molar-refractivity contribution in [2.75, 3.05) is 0 Å². The van der Waals surface area contributed by atoms with Crippen LogP contribution in [0.5, 0.6) is 11.6 Å². The molecule has 29 heavy (non-hydrogen) atoms. The Balaban J connectivity index is 2.01. The van der Waals surface area contributed by atoms with Crippen molar-refractivity contribution < 1.29 is 15.0 Å². The lowest BCUT2D eigenvalue weighted by Gasteiger charge is -2.14. The number of halogens is 1. The van der Waals surface area contributed by atoms with Gasteiger partial charge in [-0.05, 0) is 54.3 Å². The van der Waals surface area contributed by atoms with E-state index in [0.29, 0.717) is 27.4 Å². The van der Waals surface area contributed by atoms with Crippen LogP contribution in [0.25, 0.3) is 11.3 Å². The second kappa shape index (κ2) is 6.96. The fourth-order valence-corrected chi connectivity index (χ4v) is 4.74. The number of amides is 1. The van der Waals surface area contributed by atoms with Crippen LogP contribution in [0, 0.1) is 6.92 Å².